The first-order valence-electron chi connectivity index (χ1n) is 6.37. The molecule has 0 spiro atoms. The third-order valence-electron chi connectivity index (χ3n) is 2.87. The van der Waals surface area contributed by atoms with Crippen LogP contribution >= 0.6 is 11.3 Å². The van der Waals surface area contributed by atoms with Gasteiger partial charge in [-0.1, -0.05) is 18.2 Å². The van der Waals surface area contributed by atoms with Crippen LogP contribution in [0, 0.1) is 0 Å². The first-order valence-corrected chi connectivity index (χ1v) is 7.25. The number of carbonyl (C=O) groups excluding carboxylic acids is 1. The molecule has 0 amide bonds. The van der Waals surface area contributed by atoms with E-state index in [1.807, 2.05) is 17.5 Å². The molecule has 5 heteroatoms. The van der Waals surface area contributed by atoms with Crippen LogP contribution in [0.5, 0.6) is 5.75 Å². The molecule has 0 aliphatic heterocycles. The van der Waals surface area contributed by atoms with E-state index < -0.39 is 12.0 Å². The van der Waals surface area contributed by atoms with Crippen LogP contribution in [0.4, 0.5) is 0 Å². The lowest BCUT2D eigenvalue weighted by atomic mass is 10.1. The fourth-order valence-corrected chi connectivity index (χ4v) is 2.47. The maximum Gasteiger partial charge on any atom is 0.323 e. The van der Waals surface area contributed by atoms with Gasteiger partial charge in [0.15, 0.2) is 0 Å². The van der Waals surface area contributed by atoms with E-state index in [-0.39, 0.29) is 5.75 Å². The van der Waals surface area contributed by atoms with Crippen LogP contribution in [0.25, 0.3) is 0 Å². The van der Waals surface area contributed by atoms with Crippen LogP contribution in [0.3, 0.4) is 0 Å². The topological polar surface area (TPSA) is 72.5 Å². The normalized spacial score (nSPS) is 12.1. The molecule has 0 saturated carbocycles. The highest BCUT2D eigenvalue weighted by molar-refractivity contribution is 7.09. The van der Waals surface area contributed by atoms with Gasteiger partial charge in [-0.15, -0.1) is 11.3 Å². The van der Waals surface area contributed by atoms with E-state index in [1.165, 1.54) is 4.88 Å². The maximum absolute atomic E-state index is 11.7. The minimum atomic E-state index is -0.678. The molecule has 1 aromatic heterocycles. The summed E-state index contributed by atoms with van der Waals surface area (Å²) in [6.45, 7) is 0.350. The molecule has 1 atom stereocenters. The van der Waals surface area contributed by atoms with Crippen LogP contribution in [0.1, 0.15) is 10.4 Å². The Hall–Kier alpha value is -1.85. The van der Waals surface area contributed by atoms with Crippen molar-refractivity contribution in [2.24, 2.45) is 5.73 Å². The van der Waals surface area contributed by atoms with E-state index in [0.717, 1.165) is 12.0 Å². The average molecular weight is 291 g/mol. The third-order valence-corrected chi connectivity index (χ3v) is 3.80. The minimum Gasteiger partial charge on any atom is -0.508 e. The first kappa shape index (κ1) is 14.6. The van der Waals surface area contributed by atoms with Gasteiger partial charge in [0.2, 0.25) is 0 Å². The van der Waals surface area contributed by atoms with Gasteiger partial charge in [0.25, 0.3) is 0 Å². The number of esters is 1. The summed E-state index contributed by atoms with van der Waals surface area (Å²) in [7, 11) is 0. The molecule has 2 aromatic rings. The third kappa shape index (κ3) is 4.36. The van der Waals surface area contributed by atoms with Crippen molar-refractivity contribution in [1.82, 2.24) is 0 Å². The zero-order valence-electron chi connectivity index (χ0n) is 11.0. The van der Waals surface area contributed by atoms with Gasteiger partial charge in [-0.3, -0.25) is 4.79 Å². The van der Waals surface area contributed by atoms with Crippen LogP contribution in [-0.4, -0.2) is 23.7 Å². The number of phenolic OH excluding ortho intramolecular Hbond substituents is 1. The standard InChI is InChI=1S/C15H17NO3S/c16-14(10-11-3-5-12(17)6-4-11)15(18)19-8-7-13-2-1-9-20-13/h1-6,9,14,17H,7-8,10,16H2/t14-/m0/s1. The minimum absolute atomic E-state index is 0.195. The maximum atomic E-state index is 11.7. The summed E-state index contributed by atoms with van der Waals surface area (Å²) in [6.07, 6.45) is 1.12. The van der Waals surface area contributed by atoms with Crippen LogP contribution < -0.4 is 5.73 Å². The molecule has 0 fully saturated rings. The van der Waals surface area contributed by atoms with Crippen molar-refractivity contribution in [3.63, 3.8) is 0 Å². The summed E-state index contributed by atoms with van der Waals surface area (Å²) >= 11 is 1.64. The number of carbonyl (C=O) groups is 1. The predicted molar refractivity (Wildman–Crippen MR) is 78.8 cm³/mol. The molecular weight excluding hydrogens is 274 g/mol. The Morgan fingerprint density at radius 1 is 1.30 bits per heavy atom. The second-order valence-corrected chi connectivity index (χ2v) is 5.51. The molecule has 0 radical (unpaired) electrons. The zero-order valence-corrected chi connectivity index (χ0v) is 11.8. The second-order valence-electron chi connectivity index (χ2n) is 4.47. The van der Waals surface area contributed by atoms with Crippen molar-refractivity contribution in [3.05, 3.63) is 52.2 Å². The highest BCUT2D eigenvalue weighted by Crippen LogP contribution is 2.12. The first-order chi connectivity index (χ1) is 9.65. The Morgan fingerprint density at radius 3 is 2.70 bits per heavy atom. The van der Waals surface area contributed by atoms with Crippen molar-refractivity contribution >= 4 is 17.3 Å². The van der Waals surface area contributed by atoms with Gasteiger partial charge in [-0.05, 0) is 35.6 Å². The molecule has 0 aliphatic rings. The number of thiophene rings is 1. The van der Waals surface area contributed by atoms with Gasteiger partial charge < -0.3 is 15.6 Å². The van der Waals surface area contributed by atoms with Gasteiger partial charge in [0.05, 0.1) is 6.61 Å². The molecule has 0 unspecified atom stereocenters. The van der Waals surface area contributed by atoms with Crippen molar-refractivity contribution in [3.8, 4) is 5.75 Å². The van der Waals surface area contributed by atoms with Gasteiger partial charge in [-0.2, -0.15) is 0 Å². The molecular formula is C15H17NO3S. The van der Waals surface area contributed by atoms with Crippen LogP contribution in [-0.2, 0) is 22.4 Å². The van der Waals surface area contributed by atoms with Crippen molar-refractivity contribution in [1.29, 1.82) is 0 Å². The molecule has 1 heterocycles. The zero-order chi connectivity index (χ0) is 14.4. The number of hydrogen-bond donors (Lipinski definition) is 2. The lowest BCUT2D eigenvalue weighted by molar-refractivity contribution is -0.145. The molecule has 20 heavy (non-hydrogen) atoms. The molecule has 3 N–H and O–H groups in total. The fraction of sp³-hybridized carbons (Fsp3) is 0.267. The van der Waals surface area contributed by atoms with Gasteiger partial charge >= 0.3 is 5.97 Å². The number of nitrogens with two attached hydrogens (primary N) is 1. The Bertz CT molecular complexity index is 537. The monoisotopic (exact) mass is 291 g/mol. The van der Waals surface area contributed by atoms with Gasteiger partial charge in [0.1, 0.15) is 11.8 Å². The highest BCUT2D eigenvalue weighted by atomic mass is 32.1. The SMILES string of the molecule is N[C@@H](Cc1ccc(O)cc1)C(=O)OCCc1cccs1. The van der Waals surface area contributed by atoms with E-state index in [9.17, 15) is 9.90 Å². The molecule has 0 saturated heterocycles. The fourth-order valence-electron chi connectivity index (χ4n) is 1.78. The summed E-state index contributed by atoms with van der Waals surface area (Å²) in [4.78, 5) is 12.9. The average Bonchev–Trinajstić information content (AvgIpc) is 2.94. The smallest absolute Gasteiger partial charge is 0.323 e. The van der Waals surface area contributed by atoms with E-state index >= 15 is 0 Å². The van der Waals surface area contributed by atoms with E-state index in [2.05, 4.69) is 0 Å². The van der Waals surface area contributed by atoms with E-state index in [0.29, 0.717) is 13.0 Å². The quantitative estimate of drug-likeness (QED) is 0.800. The van der Waals surface area contributed by atoms with Crippen molar-refractivity contribution in [2.45, 2.75) is 18.9 Å². The van der Waals surface area contributed by atoms with Gasteiger partial charge in [-0.25, -0.2) is 0 Å². The number of rotatable bonds is 6. The number of ether oxygens (including phenoxy) is 1. The number of aromatic hydroxyl groups is 1. The number of benzene rings is 1. The number of phenols is 1. The summed E-state index contributed by atoms with van der Waals surface area (Å²) in [5.41, 5.74) is 6.71. The van der Waals surface area contributed by atoms with Crippen molar-refractivity contribution < 1.29 is 14.6 Å². The van der Waals surface area contributed by atoms with Gasteiger partial charge in [0, 0.05) is 11.3 Å². The Labute approximate surface area is 121 Å². The largest absolute Gasteiger partial charge is 0.508 e. The highest BCUT2D eigenvalue weighted by Gasteiger charge is 2.15. The Morgan fingerprint density at radius 2 is 2.05 bits per heavy atom. The van der Waals surface area contributed by atoms with Crippen molar-refractivity contribution in [2.75, 3.05) is 6.61 Å². The molecule has 106 valence electrons. The second kappa shape index (κ2) is 7.07. The lowest BCUT2D eigenvalue weighted by Crippen LogP contribution is -2.34. The summed E-state index contributed by atoms with van der Waals surface area (Å²) < 4.78 is 5.17. The molecule has 4 nitrogen and oxygen atoms in total. The summed E-state index contributed by atoms with van der Waals surface area (Å²) in [5.74, 6) is -0.199. The lowest BCUT2D eigenvalue weighted by Gasteiger charge is -2.11. The Balaban J connectivity index is 1.75. The number of hydrogen-bond acceptors (Lipinski definition) is 5. The summed E-state index contributed by atoms with van der Waals surface area (Å²) in [6, 6.07) is 9.94. The molecule has 2 rings (SSSR count). The summed E-state index contributed by atoms with van der Waals surface area (Å²) in [5, 5.41) is 11.2. The van der Waals surface area contributed by atoms with Crippen LogP contribution in [0.15, 0.2) is 41.8 Å². The Kier molecular flexibility index (Phi) is 5.15. The predicted octanol–water partition coefficient (Wildman–Crippen LogP) is 2.11. The molecule has 1 aromatic carbocycles. The molecule has 0 aliphatic carbocycles. The van der Waals surface area contributed by atoms with Crippen LogP contribution in [0.2, 0.25) is 0 Å². The molecule has 0 bridgehead atoms. The van der Waals surface area contributed by atoms with E-state index in [4.69, 9.17) is 10.5 Å². The van der Waals surface area contributed by atoms with E-state index in [1.54, 1.807) is 35.6 Å².